The molecule has 0 unspecified atom stereocenters. The Morgan fingerprint density at radius 3 is 2.86 bits per heavy atom. The van der Waals surface area contributed by atoms with E-state index in [4.69, 9.17) is 0 Å². The van der Waals surface area contributed by atoms with Gasteiger partial charge in [-0.3, -0.25) is 14.3 Å². The number of carbonyl (C=O) groups excluding carboxylic acids is 2. The number of carbonyl (C=O) groups is 2. The summed E-state index contributed by atoms with van der Waals surface area (Å²) in [5.41, 5.74) is 2.15. The lowest BCUT2D eigenvalue weighted by Crippen LogP contribution is -2.43. The van der Waals surface area contributed by atoms with Gasteiger partial charge in [0.2, 0.25) is 11.8 Å². The van der Waals surface area contributed by atoms with Gasteiger partial charge in [0.25, 0.3) is 0 Å². The number of aryl methyl sites for hydroxylation is 3. The second-order valence-corrected chi connectivity index (χ2v) is 5.63. The Morgan fingerprint density at radius 2 is 2.19 bits per heavy atom. The van der Waals surface area contributed by atoms with Gasteiger partial charge in [-0.05, 0) is 39.2 Å². The number of amides is 2. The van der Waals surface area contributed by atoms with Crippen molar-refractivity contribution in [2.24, 2.45) is 0 Å². The molecule has 1 aromatic heterocycles. The summed E-state index contributed by atoms with van der Waals surface area (Å²) in [7, 11) is 0. The van der Waals surface area contributed by atoms with Gasteiger partial charge in [-0.15, -0.1) is 0 Å². The summed E-state index contributed by atoms with van der Waals surface area (Å²) in [6.07, 6.45) is 3.35. The van der Waals surface area contributed by atoms with Crippen molar-refractivity contribution in [3.05, 3.63) is 17.5 Å². The molecule has 1 fully saturated rings. The standard InChI is InChI=1S/C15H24N4O2/c1-12-10-13(2)19(17-12)9-5-7-16-14(20)11-18-8-4-3-6-15(18)21/h10H,3-9,11H2,1-2H3,(H,16,20). The molecule has 1 aliphatic heterocycles. The van der Waals surface area contributed by atoms with E-state index in [0.717, 1.165) is 37.2 Å². The van der Waals surface area contributed by atoms with Crippen LogP contribution >= 0.6 is 0 Å². The molecule has 0 bridgehead atoms. The lowest BCUT2D eigenvalue weighted by Gasteiger charge is -2.25. The Kier molecular flexibility index (Phi) is 5.36. The molecule has 0 aromatic carbocycles. The minimum atomic E-state index is -0.0707. The normalized spacial score (nSPS) is 15.3. The number of piperidine rings is 1. The second kappa shape index (κ2) is 7.24. The smallest absolute Gasteiger partial charge is 0.239 e. The Hall–Kier alpha value is -1.85. The van der Waals surface area contributed by atoms with Crippen LogP contribution in [0.4, 0.5) is 0 Å². The molecule has 2 amide bonds. The van der Waals surface area contributed by atoms with Gasteiger partial charge >= 0.3 is 0 Å². The maximum atomic E-state index is 11.8. The third kappa shape index (κ3) is 4.58. The monoisotopic (exact) mass is 292 g/mol. The van der Waals surface area contributed by atoms with Gasteiger partial charge in [0, 0.05) is 31.7 Å². The Labute approximate surface area is 125 Å². The summed E-state index contributed by atoms with van der Waals surface area (Å²) in [4.78, 5) is 25.1. The molecule has 1 N–H and O–H groups in total. The number of hydrogen-bond acceptors (Lipinski definition) is 3. The van der Waals surface area contributed by atoms with Gasteiger partial charge in [0.15, 0.2) is 0 Å². The molecule has 0 atom stereocenters. The van der Waals surface area contributed by atoms with Crippen molar-refractivity contribution in [1.29, 1.82) is 0 Å². The van der Waals surface area contributed by atoms with Crippen LogP contribution in [0.3, 0.4) is 0 Å². The Balaban J connectivity index is 1.65. The third-order valence-corrected chi connectivity index (χ3v) is 3.73. The van der Waals surface area contributed by atoms with E-state index in [9.17, 15) is 9.59 Å². The average molecular weight is 292 g/mol. The molecule has 2 rings (SSSR count). The van der Waals surface area contributed by atoms with Crippen molar-refractivity contribution in [2.45, 2.75) is 46.1 Å². The highest BCUT2D eigenvalue weighted by atomic mass is 16.2. The number of likely N-dealkylation sites (tertiary alicyclic amines) is 1. The molecule has 0 spiro atoms. The largest absolute Gasteiger partial charge is 0.354 e. The zero-order valence-electron chi connectivity index (χ0n) is 12.9. The van der Waals surface area contributed by atoms with E-state index < -0.39 is 0 Å². The van der Waals surface area contributed by atoms with Gasteiger partial charge in [-0.25, -0.2) is 0 Å². The van der Waals surface area contributed by atoms with Crippen LogP contribution in [0.5, 0.6) is 0 Å². The first-order valence-electron chi connectivity index (χ1n) is 7.62. The topological polar surface area (TPSA) is 67.2 Å². The van der Waals surface area contributed by atoms with Gasteiger partial charge in [-0.2, -0.15) is 5.10 Å². The van der Waals surface area contributed by atoms with Crippen LogP contribution in [0.15, 0.2) is 6.07 Å². The van der Waals surface area contributed by atoms with Crippen LogP contribution in [0.25, 0.3) is 0 Å². The number of hydrogen-bond donors (Lipinski definition) is 1. The summed E-state index contributed by atoms with van der Waals surface area (Å²) < 4.78 is 1.95. The number of aromatic nitrogens is 2. The quantitative estimate of drug-likeness (QED) is 0.796. The Bertz CT molecular complexity index is 510. The molecule has 1 aliphatic rings. The van der Waals surface area contributed by atoms with Gasteiger partial charge in [0.05, 0.1) is 12.2 Å². The van der Waals surface area contributed by atoms with Crippen molar-refractivity contribution in [3.8, 4) is 0 Å². The minimum absolute atomic E-state index is 0.0707. The molecule has 0 radical (unpaired) electrons. The van der Waals surface area contributed by atoms with Crippen LogP contribution in [0, 0.1) is 13.8 Å². The fourth-order valence-corrected chi connectivity index (χ4v) is 2.62. The molecule has 0 aliphatic carbocycles. The first kappa shape index (κ1) is 15.5. The SMILES string of the molecule is Cc1cc(C)n(CCCNC(=O)CN2CCCCC2=O)n1. The highest BCUT2D eigenvalue weighted by molar-refractivity contribution is 5.85. The highest BCUT2D eigenvalue weighted by Gasteiger charge is 2.19. The highest BCUT2D eigenvalue weighted by Crippen LogP contribution is 2.09. The van der Waals surface area contributed by atoms with Crippen molar-refractivity contribution in [2.75, 3.05) is 19.6 Å². The van der Waals surface area contributed by atoms with E-state index in [1.54, 1.807) is 4.90 Å². The van der Waals surface area contributed by atoms with E-state index in [0.29, 0.717) is 19.5 Å². The lowest BCUT2D eigenvalue weighted by atomic mass is 10.1. The second-order valence-electron chi connectivity index (χ2n) is 5.63. The van der Waals surface area contributed by atoms with Gasteiger partial charge in [-0.1, -0.05) is 0 Å². The van der Waals surface area contributed by atoms with E-state index in [1.165, 1.54) is 0 Å². The predicted octanol–water partition coefficient (Wildman–Crippen LogP) is 1.02. The van der Waals surface area contributed by atoms with Crippen LogP contribution < -0.4 is 5.32 Å². The number of nitrogens with one attached hydrogen (secondary N) is 1. The van der Waals surface area contributed by atoms with E-state index in [1.807, 2.05) is 24.6 Å². The molecule has 6 heteroatoms. The molecular weight excluding hydrogens is 268 g/mol. The zero-order chi connectivity index (χ0) is 15.2. The predicted molar refractivity (Wildman–Crippen MR) is 79.8 cm³/mol. The van der Waals surface area contributed by atoms with E-state index >= 15 is 0 Å². The maximum Gasteiger partial charge on any atom is 0.239 e. The molecule has 1 aromatic rings. The minimum Gasteiger partial charge on any atom is -0.354 e. The first-order valence-corrected chi connectivity index (χ1v) is 7.62. The molecule has 21 heavy (non-hydrogen) atoms. The molecular formula is C15H24N4O2. The van der Waals surface area contributed by atoms with E-state index in [2.05, 4.69) is 10.4 Å². The molecule has 1 saturated heterocycles. The number of nitrogens with zero attached hydrogens (tertiary/aromatic N) is 3. The fraction of sp³-hybridized carbons (Fsp3) is 0.667. The number of rotatable bonds is 6. The van der Waals surface area contributed by atoms with Gasteiger partial charge in [0.1, 0.15) is 0 Å². The van der Waals surface area contributed by atoms with Crippen LogP contribution in [0.2, 0.25) is 0 Å². The zero-order valence-corrected chi connectivity index (χ0v) is 12.9. The third-order valence-electron chi connectivity index (χ3n) is 3.73. The molecule has 6 nitrogen and oxygen atoms in total. The van der Waals surface area contributed by atoms with Crippen LogP contribution in [-0.4, -0.2) is 46.1 Å². The summed E-state index contributed by atoms with van der Waals surface area (Å²) in [6.45, 7) is 6.31. The summed E-state index contributed by atoms with van der Waals surface area (Å²) in [5, 5.41) is 7.25. The van der Waals surface area contributed by atoms with E-state index in [-0.39, 0.29) is 18.4 Å². The van der Waals surface area contributed by atoms with Crippen LogP contribution in [-0.2, 0) is 16.1 Å². The molecule has 116 valence electrons. The van der Waals surface area contributed by atoms with Crippen molar-refractivity contribution >= 4 is 11.8 Å². The summed E-state index contributed by atoms with van der Waals surface area (Å²) >= 11 is 0. The summed E-state index contributed by atoms with van der Waals surface area (Å²) in [6, 6.07) is 2.04. The van der Waals surface area contributed by atoms with Crippen molar-refractivity contribution in [1.82, 2.24) is 20.0 Å². The molecule has 0 saturated carbocycles. The lowest BCUT2D eigenvalue weighted by molar-refractivity contribution is -0.137. The van der Waals surface area contributed by atoms with Gasteiger partial charge < -0.3 is 10.2 Å². The molecule has 2 heterocycles. The average Bonchev–Trinajstić information content (AvgIpc) is 2.76. The first-order chi connectivity index (χ1) is 10.1. The van der Waals surface area contributed by atoms with Crippen molar-refractivity contribution < 1.29 is 9.59 Å². The van der Waals surface area contributed by atoms with Crippen molar-refractivity contribution in [3.63, 3.8) is 0 Å². The fourth-order valence-electron chi connectivity index (χ4n) is 2.62. The van der Waals surface area contributed by atoms with Crippen LogP contribution in [0.1, 0.15) is 37.1 Å². The summed E-state index contributed by atoms with van der Waals surface area (Å²) in [5.74, 6) is 0.0256. The maximum absolute atomic E-state index is 11.8. The Morgan fingerprint density at radius 1 is 1.38 bits per heavy atom.